The van der Waals surface area contributed by atoms with Crippen molar-refractivity contribution in [3.8, 4) is 0 Å². The van der Waals surface area contributed by atoms with Crippen molar-refractivity contribution in [3.05, 3.63) is 0 Å². The van der Waals surface area contributed by atoms with Crippen molar-refractivity contribution in [3.63, 3.8) is 0 Å². The molecule has 0 spiro atoms. The summed E-state index contributed by atoms with van der Waals surface area (Å²) in [6.45, 7) is 11.4. The summed E-state index contributed by atoms with van der Waals surface area (Å²) in [4.78, 5) is 0. The third-order valence-corrected chi connectivity index (χ3v) is 2.93. The van der Waals surface area contributed by atoms with Gasteiger partial charge < -0.3 is 14.8 Å². The van der Waals surface area contributed by atoms with E-state index in [9.17, 15) is 0 Å². The predicted molar refractivity (Wildman–Crippen MR) is 73.4 cm³/mol. The maximum absolute atomic E-state index is 5.89. The zero-order chi connectivity index (χ0) is 13.1. The molecule has 0 bridgehead atoms. The Labute approximate surface area is 107 Å². The van der Waals surface area contributed by atoms with Crippen LogP contribution >= 0.6 is 0 Å². The van der Waals surface area contributed by atoms with E-state index in [2.05, 4.69) is 33.0 Å². The molecule has 0 aliphatic heterocycles. The van der Waals surface area contributed by atoms with E-state index in [0.29, 0.717) is 18.1 Å². The van der Waals surface area contributed by atoms with Gasteiger partial charge in [-0.25, -0.2) is 0 Å². The van der Waals surface area contributed by atoms with Gasteiger partial charge in [-0.05, 0) is 38.6 Å². The Morgan fingerprint density at radius 1 is 1.18 bits per heavy atom. The minimum Gasteiger partial charge on any atom is -0.385 e. The SMILES string of the molecule is CCCNC(CCCOC)C(OCC)C(C)C. The largest absolute Gasteiger partial charge is 0.385 e. The fraction of sp³-hybridized carbons (Fsp3) is 1.00. The fourth-order valence-electron chi connectivity index (χ4n) is 2.13. The number of rotatable bonds is 11. The molecule has 0 aliphatic rings. The molecule has 2 atom stereocenters. The van der Waals surface area contributed by atoms with Crippen molar-refractivity contribution in [1.29, 1.82) is 0 Å². The second-order valence-electron chi connectivity index (χ2n) is 4.86. The van der Waals surface area contributed by atoms with E-state index < -0.39 is 0 Å². The smallest absolute Gasteiger partial charge is 0.0750 e. The summed E-state index contributed by atoms with van der Waals surface area (Å²) >= 11 is 0. The van der Waals surface area contributed by atoms with Crippen LogP contribution in [0, 0.1) is 5.92 Å². The molecule has 1 N–H and O–H groups in total. The van der Waals surface area contributed by atoms with Crippen LogP contribution in [0.15, 0.2) is 0 Å². The lowest BCUT2D eigenvalue weighted by Crippen LogP contribution is -2.44. The van der Waals surface area contributed by atoms with Crippen LogP contribution in [0.25, 0.3) is 0 Å². The third kappa shape index (κ3) is 7.74. The van der Waals surface area contributed by atoms with E-state index in [-0.39, 0.29) is 0 Å². The van der Waals surface area contributed by atoms with Gasteiger partial charge in [0, 0.05) is 26.4 Å². The highest BCUT2D eigenvalue weighted by molar-refractivity contribution is 4.79. The van der Waals surface area contributed by atoms with Crippen LogP contribution in [-0.2, 0) is 9.47 Å². The molecule has 0 aliphatic carbocycles. The Balaban J connectivity index is 4.26. The lowest BCUT2D eigenvalue weighted by molar-refractivity contribution is -0.000304. The van der Waals surface area contributed by atoms with Gasteiger partial charge in [0.25, 0.3) is 0 Å². The Bertz CT molecular complexity index is 162. The third-order valence-electron chi connectivity index (χ3n) is 2.93. The Hall–Kier alpha value is -0.120. The number of ether oxygens (including phenoxy) is 2. The van der Waals surface area contributed by atoms with E-state index in [1.54, 1.807) is 7.11 Å². The van der Waals surface area contributed by atoms with Gasteiger partial charge in [0.1, 0.15) is 0 Å². The number of nitrogens with one attached hydrogen (secondary N) is 1. The first-order chi connectivity index (χ1) is 8.17. The molecule has 0 aromatic rings. The maximum Gasteiger partial charge on any atom is 0.0750 e. The fourth-order valence-corrected chi connectivity index (χ4v) is 2.13. The van der Waals surface area contributed by atoms with Gasteiger partial charge in [-0.2, -0.15) is 0 Å². The molecule has 0 rings (SSSR count). The molecule has 0 heterocycles. The van der Waals surface area contributed by atoms with E-state index in [1.807, 2.05) is 0 Å². The molecule has 0 aromatic carbocycles. The van der Waals surface area contributed by atoms with Crippen molar-refractivity contribution < 1.29 is 9.47 Å². The molecular weight excluding hydrogens is 214 g/mol. The molecule has 3 nitrogen and oxygen atoms in total. The predicted octanol–water partition coefficient (Wildman–Crippen LogP) is 2.84. The van der Waals surface area contributed by atoms with Crippen molar-refractivity contribution in [1.82, 2.24) is 5.32 Å². The monoisotopic (exact) mass is 245 g/mol. The molecule has 0 amide bonds. The molecule has 0 aromatic heterocycles. The first-order valence-electron chi connectivity index (χ1n) is 7.01. The van der Waals surface area contributed by atoms with Crippen LogP contribution in [-0.4, -0.2) is 39.0 Å². The zero-order valence-corrected chi connectivity index (χ0v) is 12.3. The van der Waals surface area contributed by atoms with Gasteiger partial charge in [0.15, 0.2) is 0 Å². The summed E-state index contributed by atoms with van der Waals surface area (Å²) in [6.07, 6.45) is 3.69. The average Bonchev–Trinajstić information content (AvgIpc) is 2.31. The highest BCUT2D eigenvalue weighted by Gasteiger charge is 2.23. The van der Waals surface area contributed by atoms with E-state index >= 15 is 0 Å². The minimum atomic E-state index is 0.309. The summed E-state index contributed by atoms with van der Waals surface area (Å²) in [5, 5.41) is 3.61. The molecular formula is C14H31NO2. The zero-order valence-electron chi connectivity index (χ0n) is 12.3. The van der Waals surface area contributed by atoms with E-state index in [4.69, 9.17) is 9.47 Å². The molecule has 0 saturated carbocycles. The van der Waals surface area contributed by atoms with Crippen LogP contribution in [0.3, 0.4) is 0 Å². The number of methoxy groups -OCH3 is 1. The van der Waals surface area contributed by atoms with Crippen LogP contribution in [0.2, 0.25) is 0 Å². The van der Waals surface area contributed by atoms with Crippen molar-refractivity contribution >= 4 is 0 Å². The Morgan fingerprint density at radius 3 is 2.35 bits per heavy atom. The van der Waals surface area contributed by atoms with Crippen molar-refractivity contribution in [2.24, 2.45) is 5.92 Å². The molecule has 2 unspecified atom stereocenters. The van der Waals surface area contributed by atoms with Gasteiger partial charge in [0.2, 0.25) is 0 Å². The highest BCUT2D eigenvalue weighted by Crippen LogP contribution is 2.15. The maximum atomic E-state index is 5.89. The number of hydrogen-bond acceptors (Lipinski definition) is 3. The van der Waals surface area contributed by atoms with E-state index in [1.165, 1.54) is 0 Å². The number of hydrogen-bond donors (Lipinski definition) is 1. The normalized spacial score (nSPS) is 15.2. The Morgan fingerprint density at radius 2 is 1.88 bits per heavy atom. The first kappa shape index (κ1) is 16.9. The van der Waals surface area contributed by atoms with Crippen LogP contribution < -0.4 is 5.32 Å². The van der Waals surface area contributed by atoms with Crippen LogP contribution in [0.5, 0.6) is 0 Å². The summed E-state index contributed by atoms with van der Waals surface area (Å²) in [7, 11) is 1.76. The quantitative estimate of drug-likeness (QED) is 0.568. The van der Waals surface area contributed by atoms with Gasteiger partial charge in [-0.15, -0.1) is 0 Å². The standard InChI is InChI=1S/C14H31NO2/c1-6-10-15-13(9-8-11-16-5)14(12(3)4)17-7-2/h12-15H,6-11H2,1-5H3. The first-order valence-corrected chi connectivity index (χ1v) is 7.01. The summed E-state index contributed by atoms with van der Waals surface area (Å²) in [5.74, 6) is 0.548. The van der Waals surface area contributed by atoms with Gasteiger partial charge >= 0.3 is 0 Å². The molecule has 104 valence electrons. The minimum absolute atomic E-state index is 0.309. The van der Waals surface area contributed by atoms with Crippen molar-refractivity contribution in [2.45, 2.75) is 59.1 Å². The summed E-state index contributed by atoms with van der Waals surface area (Å²) in [6, 6.07) is 0.449. The second kappa shape index (κ2) is 11.0. The van der Waals surface area contributed by atoms with Crippen molar-refractivity contribution in [2.75, 3.05) is 26.9 Å². The second-order valence-corrected chi connectivity index (χ2v) is 4.86. The lowest BCUT2D eigenvalue weighted by Gasteiger charge is -2.31. The van der Waals surface area contributed by atoms with Crippen LogP contribution in [0.1, 0.15) is 47.0 Å². The van der Waals surface area contributed by atoms with Gasteiger partial charge in [0.05, 0.1) is 6.10 Å². The van der Waals surface area contributed by atoms with E-state index in [0.717, 1.165) is 39.0 Å². The highest BCUT2D eigenvalue weighted by atomic mass is 16.5. The topological polar surface area (TPSA) is 30.5 Å². The molecule has 0 saturated heterocycles. The molecule has 17 heavy (non-hydrogen) atoms. The molecule has 0 radical (unpaired) electrons. The molecule has 3 heteroatoms. The molecule has 0 fully saturated rings. The summed E-state index contributed by atoms with van der Waals surface area (Å²) in [5.41, 5.74) is 0. The van der Waals surface area contributed by atoms with Gasteiger partial charge in [-0.3, -0.25) is 0 Å². The average molecular weight is 245 g/mol. The van der Waals surface area contributed by atoms with Gasteiger partial charge in [-0.1, -0.05) is 20.8 Å². The lowest BCUT2D eigenvalue weighted by atomic mass is 9.95. The Kier molecular flexibility index (Phi) is 10.9. The summed E-state index contributed by atoms with van der Waals surface area (Å²) < 4.78 is 11.0. The van der Waals surface area contributed by atoms with Crippen LogP contribution in [0.4, 0.5) is 0 Å².